The molecule has 2 aliphatic heterocycles. The Morgan fingerprint density at radius 2 is 2.08 bits per heavy atom. The van der Waals surface area contributed by atoms with E-state index in [0.717, 1.165) is 12.1 Å². The van der Waals surface area contributed by atoms with E-state index in [0.29, 0.717) is 36.7 Å². The van der Waals surface area contributed by atoms with Crippen LogP contribution in [0.2, 0.25) is 5.02 Å². The Balaban J connectivity index is 1.46. The van der Waals surface area contributed by atoms with Crippen molar-refractivity contribution in [2.24, 2.45) is 0 Å². The van der Waals surface area contributed by atoms with Crippen LogP contribution in [0, 0.1) is 0 Å². The summed E-state index contributed by atoms with van der Waals surface area (Å²) in [5.74, 6) is 0.433. The van der Waals surface area contributed by atoms with Gasteiger partial charge in [0.25, 0.3) is 0 Å². The first-order valence-corrected chi connectivity index (χ1v) is 12.1. The van der Waals surface area contributed by atoms with Gasteiger partial charge in [0, 0.05) is 36.6 Å². The van der Waals surface area contributed by atoms with Gasteiger partial charge < -0.3 is 25.2 Å². The number of aliphatic hydroxyl groups is 2. The van der Waals surface area contributed by atoms with Crippen molar-refractivity contribution in [2.75, 3.05) is 41.4 Å². The molecule has 2 bridgehead atoms. The molecular weight excluding hydrogens is 527 g/mol. The molecule has 200 valence electrons. The highest BCUT2D eigenvalue weighted by Gasteiger charge is 2.41. The van der Waals surface area contributed by atoms with E-state index in [1.165, 1.54) is 29.3 Å². The molecule has 9 nitrogen and oxygen atoms in total. The van der Waals surface area contributed by atoms with Crippen LogP contribution < -0.4 is 19.9 Å². The lowest BCUT2D eigenvalue weighted by molar-refractivity contribution is -0.137. The van der Waals surface area contributed by atoms with Crippen molar-refractivity contribution in [1.29, 1.82) is 0 Å². The van der Waals surface area contributed by atoms with Crippen molar-refractivity contribution in [3.05, 3.63) is 59.2 Å². The Kier molecular flexibility index (Phi) is 7.03. The minimum atomic E-state index is -4.53. The largest absolute Gasteiger partial charge is 0.475 e. The standard InChI is InChI=1S/C25H23ClF3N5O4/c26-19-10-20-23(32-22(19)14-2-1-3-15(8-14)25(27,28)29)34(17-5-7-33(20)11-17)24(37)31-16-4-6-30-21(9-16)38-13-18(36)12-35/h1-4,6,8-10,17-18,35-36H,5,7,11-13H2,(H,30,31,37)/t17-,18-/m0/s1. The SMILES string of the molecule is O=C(Nc1ccnc(OC[C@@H](O)CO)c1)N1c2nc(-c3cccc(C(F)(F)F)c3)c(Cl)cc2N2CC[C@H]1C2. The lowest BCUT2D eigenvalue weighted by Crippen LogP contribution is -2.48. The summed E-state index contributed by atoms with van der Waals surface area (Å²) in [5.41, 5.74) is 0.478. The number of benzene rings is 1. The molecule has 0 unspecified atom stereocenters. The lowest BCUT2D eigenvalue weighted by Gasteiger charge is -2.36. The van der Waals surface area contributed by atoms with Crippen LogP contribution >= 0.6 is 11.6 Å². The number of carbonyl (C=O) groups excluding carboxylic acids is 1. The first-order chi connectivity index (χ1) is 18.1. The monoisotopic (exact) mass is 549 g/mol. The van der Waals surface area contributed by atoms with E-state index in [9.17, 15) is 23.1 Å². The summed E-state index contributed by atoms with van der Waals surface area (Å²) in [7, 11) is 0. The molecule has 2 amide bonds. The molecule has 38 heavy (non-hydrogen) atoms. The first-order valence-electron chi connectivity index (χ1n) is 11.7. The third-order valence-corrected chi connectivity index (χ3v) is 6.62. The molecule has 0 spiro atoms. The first kappa shape index (κ1) is 26.0. The second-order valence-electron chi connectivity index (χ2n) is 8.96. The van der Waals surface area contributed by atoms with Gasteiger partial charge in [-0.25, -0.2) is 14.8 Å². The van der Waals surface area contributed by atoms with Gasteiger partial charge in [-0.1, -0.05) is 23.7 Å². The summed E-state index contributed by atoms with van der Waals surface area (Å²) in [5, 5.41) is 21.4. The molecular formula is C25H23ClF3N5O4. The van der Waals surface area contributed by atoms with Gasteiger partial charge in [0.05, 0.1) is 34.6 Å². The molecule has 1 saturated heterocycles. The summed E-state index contributed by atoms with van der Waals surface area (Å²) in [6, 6.07) is 8.69. The molecule has 0 aliphatic carbocycles. The normalized spacial score (nSPS) is 17.3. The second kappa shape index (κ2) is 10.3. The van der Waals surface area contributed by atoms with Crippen LogP contribution in [0.4, 0.5) is 35.2 Å². The predicted molar refractivity (Wildman–Crippen MR) is 135 cm³/mol. The number of pyridine rings is 2. The number of aromatic nitrogens is 2. The lowest BCUT2D eigenvalue weighted by atomic mass is 10.1. The molecule has 2 aromatic heterocycles. The number of alkyl halides is 3. The molecule has 1 aromatic carbocycles. The minimum Gasteiger partial charge on any atom is -0.475 e. The summed E-state index contributed by atoms with van der Waals surface area (Å²) < 4.78 is 45.3. The molecule has 5 rings (SSSR count). The van der Waals surface area contributed by atoms with Crippen LogP contribution in [-0.2, 0) is 6.18 Å². The van der Waals surface area contributed by atoms with E-state index < -0.39 is 30.5 Å². The van der Waals surface area contributed by atoms with Crippen molar-refractivity contribution in [1.82, 2.24) is 9.97 Å². The van der Waals surface area contributed by atoms with Gasteiger partial charge in [0.1, 0.15) is 12.7 Å². The number of halogens is 4. The van der Waals surface area contributed by atoms with E-state index in [1.807, 2.05) is 4.90 Å². The molecule has 0 saturated carbocycles. The van der Waals surface area contributed by atoms with Crippen molar-refractivity contribution >= 4 is 34.8 Å². The zero-order valence-corrected chi connectivity index (χ0v) is 20.6. The van der Waals surface area contributed by atoms with E-state index in [1.54, 1.807) is 12.1 Å². The molecule has 1 fully saturated rings. The number of urea groups is 1. The van der Waals surface area contributed by atoms with Crippen LogP contribution in [0.1, 0.15) is 12.0 Å². The minimum absolute atomic E-state index is 0.137. The van der Waals surface area contributed by atoms with Gasteiger partial charge in [-0.2, -0.15) is 13.2 Å². The van der Waals surface area contributed by atoms with Crippen LogP contribution in [0.3, 0.4) is 0 Å². The fourth-order valence-electron chi connectivity index (χ4n) is 4.52. The van der Waals surface area contributed by atoms with Crippen LogP contribution in [0.5, 0.6) is 5.88 Å². The zero-order valence-electron chi connectivity index (χ0n) is 19.8. The number of carbonyl (C=O) groups is 1. The molecule has 13 heteroatoms. The topological polar surface area (TPSA) is 111 Å². The average Bonchev–Trinajstić information content (AvgIpc) is 3.31. The van der Waals surface area contributed by atoms with E-state index in [4.69, 9.17) is 21.4 Å². The van der Waals surface area contributed by atoms with Crippen LogP contribution in [0.15, 0.2) is 48.7 Å². The molecule has 2 aliphatic rings. The highest BCUT2D eigenvalue weighted by molar-refractivity contribution is 6.33. The Labute approximate surface area is 220 Å². The van der Waals surface area contributed by atoms with Crippen LogP contribution in [0.25, 0.3) is 11.3 Å². The number of aliphatic hydroxyl groups excluding tert-OH is 2. The van der Waals surface area contributed by atoms with Gasteiger partial charge in [-0.3, -0.25) is 4.90 Å². The van der Waals surface area contributed by atoms with E-state index >= 15 is 0 Å². The summed E-state index contributed by atoms with van der Waals surface area (Å²) in [6.45, 7) is 0.581. The van der Waals surface area contributed by atoms with Gasteiger partial charge in [-0.05, 0) is 30.7 Å². The summed E-state index contributed by atoms with van der Waals surface area (Å²) in [6.07, 6.45) is -3.52. The van der Waals surface area contributed by atoms with Gasteiger partial charge in [0.15, 0.2) is 5.82 Å². The molecule has 4 heterocycles. The molecule has 0 radical (unpaired) electrons. The predicted octanol–water partition coefficient (Wildman–Crippen LogP) is 4.18. The fraction of sp³-hybridized carbons (Fsp3) is 0.320. The average molecular weight is 550 g/mol. The summed E-state index contributed by atoms with van der Waals surface area (Å²) in [4.78, 5) is 25.7. The van der Waals surface area contributed by atoms with Crippen LogP contribution in [-0.4, -0.2) is 64.7 Å². The Morgan fingerprint density at radius 1 is 1.26 bits per heavy atom. The Hall–Kier alpha value is -3.61. The van der Waals surface area contributed by atoms with Gasteiger partial charge >= 0.3 is 12.2 Å². The maximum absolute atomic E-state index is 13.5. The van der Waals surface area contributed by atoms with E-state index in [2.05, 4.69) is 15.3 Å². The Morgan fingerprint density at radius 3 is 2.84 bits per heavy atom. The van der Waals surface area contributed by atoms with Crippen molar-refractivity contribution in [3.8, 4) is 17.1 Å². The third-order valence-electron chi connectivity index (χ3n) is 6.34. The fourth-order valence-corrected chi connectivity index (χ4v) is 4.77. The number of hydrogen-bond acceptors (Lipinski definition) is 7. The quantitative estimate of drug-likeness (QED) is 0.423. The molecule has 3 aromatic rings. The number of anilines is 3. The van der Waals surface area contributed by atoms with Gasteiger partial charge in [0.2, 0.25) is 5.88 Å². The van der Waals surface area contributed by atoms with Crippen molar-refractivity contribution < 1.29 is 32.9 Å². The molecule has 2 atom stereocenters. The number of amides is 2. The summed E-state index contributed by atoms with van der Waals surface area (Å²) >= 11 is 6.49. The smallest absolute Gasteiger partial charge is 0.416 e. The number of hydrogen-bond donors (Lipinski definition) is 3. The molecule has 3 N–H and O–H groups in total. The highest BCUT2D eigenvalue weighted by atomic mass is 35.5. The van der Waals surface area contributed by atoms with Crippen molar-refractivity contribution in [2.45, 2.75) is 24.7 Å². The Bertz CT molecular complexity index is 1360. The van der Waals surface area contributed by atoms with E-state index in [-0.39, 0.29) is 34.8 Å². The number of nitrogens with zero attached hydrogens (tertiary/aromatic N) is 4. The number of rotatable bonds is 6. The number of nitrogens with one attached hydrogen (secondary N) is 1. The number of ether oxygens (including phenoxy) is 1. The van der Waals surface area contributed by atoms with Gasteiger partial charge in [-0.15, -0.1) is 0 Å². The third kappa shape index (κ3) is 5.19. The maximum Gasteiger partial charge on any atom is 0.416 e. The number of fused-ring (bicyclic) bond motifs is 4. The zero-order chi connectivity index (χ0) is 27.0. The highest BCUT2D eigenvalue weighted by Crippen LogP contribution is 2.43. The van der Waals surface area contributed by atoms with Crippen molar-refractivity contribution in [3.63, 3.8) is 0 Å². The second-order valence-corrected chi connectivity index (χ2v) is 9.37. The maximum atomic E-state index is 13.5.